The summed E-state index contributed by atoms with van der Waals surface area (Å²) >= 11 is 0. The van der Waals surface area contributed by atoms with Crippen molar-refractivity contribution in [3.63, 3.8) is 0 Å². The van der Waals surface area contributed by atoms with E-state index in [4.69, 9.17) is 72.8 Å². The molecular weight excluding hydrogens is 1800 g/mol. The zero-order valence-corrected chi connectivity index (χ0v) is 73.4. The molecule has 18 atom stereocenters. The molecule has 56 heteroatoms. The van der Waals surface area contributed by atoms with Crippen LogP contribution in [0.1, 0.15) is 162 Å². The fourth-order valence-corrected chi connectivity index (χ4v) is 17.3. The Labute approximate surface area is 730 Å². The first kappa shape index (κ1) is 104. The predicted molar refractivity (Wildman–Crippen MR) is 437 cm³/mol. The summed E-state index contributed by atoms with van der Waals surface area (Å²) in [6.45, 7) is 16.6. The first-order valence-corrected chi connectivity index (χ1v) is 44.1. The van der Waals surface area contributed by atoms with Crippen LogP contribution in [0.5, 0.6) is 0 Å². The zero-order valence-electron chi connectivity index (χ0n) is 70.8. The quantitative estimate of drug-likeness (QED) is 0.00341. The number of hydrogen-bond donors (Lipinski definition) is 9. The maximum Gasteiger partial charge on any atom is 0.406 e. The molecule has 1 aliphatic carbocycles. The summed E-state index contributed by atoms with van der Waals surface area (Å²) < 4.78 is 197. The SMILES string of the molecule is C=C1N=C(N)N=CN1[C@@H]1O[C@H](COP(=O)(N[C@@H](C)C(=O)OC2CCCCC2)OC(C)c2ccc([N+](=O)[O-])cc2)C(O)C1(F)F.CC(OP(=O)(N[C@@H](C)C(=O)OCC(C)(C)C)OC[C@H]1O[C@@H](n2cnc(N)nc2=O)C(F)(F)C1O)c1ccc([N+](=O)[O-])cc1.CCCCOC(=O)[C@H](C)NP(=O)(OC[C@H]1O[C@@H](n2cnc(N)nc2=O)C(F)(F)C1O)OC(C)c1ccc([N+](=O)[O-])cc1. The van der Waals surface area contributed by atoms with Crippen LogP contribution in [0.3, 0.4) is 0 Å². The van der Waals surface area contributed by atoms with Crippen LogP contribution >= 0.6 is 23.2 Å². The number of nitrogens with two attached hydrogens (primary N) is 3. The normalized spacial score (nSPS) is 24.0. The van der Waals surface area contributed by atoms with Gasteiger partial charge in [0.1, 0.15) is 67.4 Å². The molecule has 6 heterocycles. The molecule has 1 saturated carbocycles. The summed E-state index contributed by atoms with van der Waals surface area (Å²) in [4.78, 5) is 115. The number of nitro groups is 3. The zero-order chi connectivity index (χ0) is 95.8. The number of hydrogen-bond acceptors (Lipinski definition) is 39. The Morgan fingerprint density at radius 2 is 0.915 bits per heavy atom. The number of aliphatic hydroxyl groups is 3. The van der Waals surface area contributed by atoms with Crippen molar-refractivity contribution < 1.29 is 140 Å². The van der Waals surface area contributed by atoms with E-state index in [0.29, 0.717) is 57.7 Å². The summed E-state index contributed by atoms with van der Waals surface area (Å²) in [5.41, 5.74) is 13.7. The number of nitrogens with zero attached hydrogens (tertiary/aromatic N) is 12. The second-order valence-corrected chi connectivity index (χ2v) is 36.1. The van der Waals surface area contributed by atoms with Gasteiger partial charge in [0, 0.05) is 36.4 Å². The third kappa shape index (κ3) is 28.0. The van der Waals surface area contributed by atoms with Crippen molar-refractivity contribution in [2.24, 2.45) is 21.1 Å². The van der Waals surface area contributed by atoms with Gasteiger partial charge in [-0.2, -0.15) is 41.3 Å². The van der Waals surface area contributed by atoms with Crippen molar-refractivity contribution in [1.82, 2.24) is 49.2 Å². The van der Waals surface area contributed by atoms with Crippen molar-refractivity contribution in [2.75, 3.05) is 44.5 Å². The van der Waals surface area contributed by atoms with Crippen LogP contribution in [0.15, 0.2) is 117 Å². The Kier molecular flexibility index (Phi) is 35.7. The van der Waals surface area contributed by atoms with Crippen LogP contribution in [0, 0.1) is 35.8 Å². The molecule has 5 aliphatic rings. The number of carbonyl (C=O) groups excluding carboxylic acids is 3. The molecule has 3 aromatic carbocycles. The van der Waals surface area contributed by atoms with Gasteiger partial charge in [0.15, 0.2) is 18.3 Å². The number of ether oxygens (including phenoxy) is 6. The molecular formula is C73H99F6N18O29P3. The van der Waals surface area contributed by atoms with Crippen molar-refractivity contribution in [1.29, 1.82) is 0 Å². The monoisotopic (exact) mass is 1900 g/mol. The Bertz CT molecular complexity index is 5110. The molecule has 0 amide bonds. The number of non-ortho nitro benzene ring substituents is 3. The number of nitrogen functional groups attached to an aromatic ring is 2. The first-order valence-electron chi connectivity index (χ1n) is 39.5. The van der Waals surface area contributed by atoms with Gasteiger partial charge in [-0.1, -0.05) is 47.1 Å². The third-order valence-electron chi connectivity index (χ3n) is 19.4. The number of unbranched alkanes of at least 4 members (excludes halogenated alkanes) is 1. The minimum atomic E-state index is -4.61. The molecule has 12 N–H and O–H groups in total. The molecule has 10 rings (SSSR count). The van der Waals surface area contributed by atoms with Crippen molar-refractivity contribution in [2.45, 2.75) is 230 Å². The number of benzene rings is 3. The number of alkyl halides is 6. The molecule has 0 bridgehead atoms. The largest absolute Gasteiger partial charge is 0.465 e. The van der Waals surface area contributed by atoms with E-state index in [1.165, 1.54) is 114 Å². The molecule has 9 unspecified atom stereocenters. The summed E-state index contributed by atoms with van der Waals surface area (Å²) in [7, 11) is -13.7. The number of esters is 3. The molecule has 0 spiro atoms. The number of aliphatic hydroxyl groups excluding tert-OH is 3. The highest BCUT2D eigenvalue weighted by Gasteiger charge is 2.64. The second-order valence-electron chi connectivity index (χ2n) is 30.9. The van der Waals surface area contributed by atoms with Crippen molar-refractivity contribution in [3.05, 3.63) is 166 Å². The summed E-state index contributed by atoms with van der Waals surface area (Å²) in [6.07, 6.45) is -15.3. The Balaban J connectivity index is 0.000000239. The fraction of sp³-hybridized carbons (Fsp3) is 0.575. The van der Waals surface area contributed by atoms with E-state index >= 15 is 8.78 Å². The Morgan fingerprint density at radius 3 is 1.25 bits per heavy atom. The molecule has 4 aliphatic heterocycles. The standard InChI is InChI=1S/C26H35F2N6O9P.C24H33F2N6O10P.C23H31F2N6O10P/c1-15(23(36)41-20-7-5-4-6-8-20)32-44(39,43-16(2)18-9-11-19(12-10-18)34(37)38)40-13-21-22(35)26(27,28)24(42-21)33-14-30-25(29)31-17(33)3;1-13(19(34)39-11-23(3,4)5)30-43(38,42-14(2)15-6-8-16(9-7-15)32(36)37)40-10-17-18(33)24(25,26)20(41-17)31-12-28-21(27)29-22(31)35;1-4-5-10-38-19(33)13(2)29-42(37,41-14(3)15-6-8-16(9-7-15)31(35)36)39-11-17-18(32)23(24,25)20(40-17)30-12-27-21(26)28-22(30)34/h9-12,14-16,20-22,24,35H,3-8,13H2,1-2H3,(H2,29,31)(H,32,39);6-9,12-14,17-18,20,33H,10-11H2,1-5H3,(H,30,38)(H2,27,29,35);6-9,12-14,17-18,20,32H,4-5,10-11H2,1-3H3,(H,29,37)(H2,26,28,34)/t15-,16?,21+,22?,24+,44?;13-,14?,17+,18?,20+,43?;13-,14?,17+,18?,20+,42?/m000/s1. The number of anilines is 2. The van der Waals surface area contributed by atoms with Crippen LogP contribution in [-0.4, -0.2) is 212 Å². The fourth-order valence-electron chi connectivity index (χ4n) is 12.3. The van der Waals surface area contributed by atoms with Gasteiger partial charge >= 0.3 is 70.3 Å². The van der Waals surface area contributed by atoms with E-state index < -0.39 is 209 Å². The molecule has 4 fully saturated rings. The molecule has 712 valence electrons. The van der Waals surface area contributed by atoms with Crippen LogP contribution in [0.4, 0.5) is 55.3 Å². The van der Waals surface area contributed by atoms with Gasteiger partial charge in [-0.25, -0.2) is 62.6 Å². The molecule has 5 aromatic rings. The van der Waals surface area contributed by atoms with Gasteiger partial charge in [-0.3, -0.25) is 76.8 Å². The lowest BCUT2D eigenvalue weighted by Gasteiger charge is -2.31. The number of halogens is 6. The van der Waals surface area contributed by atoms with E-state index in [1.807, 2.05) is 27.7 Å². The van der Waals surface area contributed by atoms with E-state index in [9.17, 15) is 101 Å². The molecule has 129 heavy (non-hydrogen) atoms. The number of nitro benzene ring substituents is 3. The minimum Gasteiger partial charge on any atom is -0.465 e. The summed E-state index contributed by atoms with van der Waals surface area (Å²) in [6, 6.07) is 11.6. The van der Waals surface area contributed by atoms with Gasteiger partial charge in [0.05, 0.1) is 66.1 Å². The van der Waals surface area contributed by atoms with Gasteiger partial charge in [0.2, 0.25) is 36.5 Å². The molecule has 0 radical (unpaired) electrons. The number of guanidine groups is 1. The van der Waals surface area contributed by atoms with E-state index in [1.54, 1.807) is 0 Å². The lowest BCUT2D eigenvalue weighted by Crippen LogP contribution is -2.49. The van der Waals surface area contributed by atoms with E-state index in [2.05, 4.69) is 51.8 Å². The average Bonchev–Trinajstić information content (AvgIpc) is 1.62. The average molecular weight is 1900 g/mol. The van der Waals surface area contributed by atoms with Crippen LogP contribution in [0.2, 0.25) is 0 Å². The highest BCUT2D eigenvalue weighted by atomic mass is 31.2. The van der Waals surface area contributed by atoms with Crippen LogP contribution in [-0.2, 0) is 83.6 Å². The lowest BCUT2D eigenvalue weighted by molar-refractivity contribution is -0.385. The van der Waals surface area contributed by atoms with Crippen LogP contribution in [0.25, 0.3) is 0 Å². The smallest absolute Gasteiger partial charge is 0.406 e. The molecule has 2 aromatic heterocycles. The maximum absolute atomic E-state index is 15.1. The predicted octanol–water partition coefficient (Wildman–Crippen LogP) is 8.24. The van der Waals surface area contributed by atoms with E-state index in [0.717, 1.165) is 36.9 Å². The number of aliphatic imine (C=N–C) groups is 2. The molecule has 3 saturated heterocycles. The topological polar surface area (TPSA) is 641 Å². The number of aromatic nitrogens is 6. The molecule has 47 nitrogen and oxygen atoms in total. The lowest BCUT2D eigenvalue weighted by atomic mass is 9.98. The highest BCUT2D eigenvalue weighted by molar-refractivity contribution is 7.52. The van der Waals surface area contributed by atoms with E-state index in [-0.39, 0.29) is 53.6 Å². The highest BCUT2D eigenvalue weighted by Crippen LogP contribution is 2.55. The second kappa shape index (κ2) is 44.2. The number of carbonyl (C=O) groups is 3. The van der Waals surface area contributed by atoms with Gasteiger partial charge < -0.3 is 60.9 Å². The first-order chi connectivity index (χ1) is 60.2. The van der Waals surface area contributed by atoms with Gasteiger partial charge in [0.25, 0.3) is 17.1 Å². The Hall–Kier alpha value is -10.2. The van der Waals surface area contributed by atoms with Crippen molar-refractivity contribution >= 4 is 82.4 Å². The minimum absolute atomic E-state index is 0.0237. The van der Waals surface area contributed by atoms with Gasteiger partial charge in [-0.05, 0) is 132 Å². The summed E-state index contributed by atoms with van der Waals surface area (Å²) in [5.74, 6) is -15.7. The number of rotatable bonds is 38. The Morgan fingerprint density at radius 1 is 0.574 bits per heavy atom. The van der Waals surface area contributed by atoms with Crippen LogP contribution < -0.4 is 43.8 Å². The summed E-state index contributed by atoms with van der Waals surface area (Å²) in [5, 5.41) is 71.3. The number of nitrogens with one attached hydrogen (secondary N) is 3. The third-order valence-corrected chi connectivity index (χ3v) is 24.8. The van der Waals surface area contributed by atoms with Gasteiger partial charge in [-0.15, -0.1) is 0 Å². The maximum atomic E-state index is 15.1. The van der Waals surface area contributed by atoms with Crippen molar-refractivity contribution in [3.8, 4) is 0 Å².